The first-order valence-corrected chi connectivity index (χ1v) is 7.30. The van der Waals surface area contributed by atoms with Crippen LogP contribution in [0.3, 0.4) is 0 Å². The van der Waals surface area contributed by atoms with E-state index in [0.717, 1.165) is 6.32 Å². The van der Waals surface area contributed by atoms with E-state index in [9.17, 15) is 0 Å². The first-order chi connectivity index (χ1) is 9.32. The topological polar surface area (TPSA) is 18.5 Å². The second kappa shape index (κ2) is 8.90. The van der Waals surface area contributed by atoms with Crippen LogP contribution < -0.4 is 0 Å². The summed E-state index contributed by atoms with van der Waals surface area (Å²) >= 11 is 0. The van der Waals surface area contributed by atoms with Crippen molar-refractivity contribution >= 4 is 7.12 Å². The van der Waals surface area contributed by atoms with Gasteiger partial charge in [0.05, 0.1) is 11.2 Å². The van der Waals surface area contributed by atoms with Crippen LogP contribution in [0, 0.1) is 12.8 Å². The van der Waals surface area contributed by atoms with Gasteiger partial charge in [-0.25, -0.2) is 0 Å². The smallest absolute Gasteiger partial charge is 0.404 e. The summed E-state index contributed by atoms with van der Waals surface area (Å²) in [5.41, 5.74) is 0.743. The fourth-order valence-electron chi connectivity index (χ4n) is 1.88. The van der Waals surface area contributed by atoms with Crippen molar-refractivity contribution in [1.29, 1.82) is 0 Å². The molecule has 21 heavy (non-hydrogen) atoms. The van der Waals surface area contributed by atoms with Crippen molar-refractivity contribution in [3.63, 3.8) is 0 Å². The molecule has 2 rings (SSSR count). The molecule has 0 spiro atoms. The minimum atomic E-state index is -0.234. The van der Waals surface area contributed by atoms with Gasteiger partial charge in [-0.15, -0.1) is 12.1 Å². The van der Waals surface area contributed by atoms with Crippen molar-refractivity contribution in [3.8, 4) is 0 Å². The maximum absolute atomic E-state index is 5.93. The van der Waals surface area contributed by atoms with Gasteiger partial charge in [0.25, 0.3) is 0 Å². The number of hydrogen-bond donors (Lipinski definition) is 0. The Hall–Kier alpha value is -0.406. The van der Waals surface area contributed by atoms with Crippen molar-refractivity contribution in [2.45, 2.75) is 59.1 Å². The Morgan fingerprint density at radius 3 is 1.81 bits per heavy atom. The summed E-state index contributed by atoms with van der Waals surface area (Å²) in [5, 5.41) is 0. The van der Waals surface area contributed by atoms with E-state index < -0.39 is 0 Å². The van der Waals surface area contributed by atoms with Gasteiger partial charge in [0, 0.05) is 0 Å². The summed E-state index contributed by atoms with van der Waals surface area (Å²) in [4.78, 5) is 0. The van der Waals surface area contributed by atoms with Gasteiger partial charge in [0.1, 0.15) is 0 Å². The third-order valence-corrected chi connectivity index (χ3v) is 3.65. The molecular weight excluding hydrogens is 311 g/mol. The third-order valence-electron chi connectivity index (χ3n) is 3.65. The normalized spacial score (nSPS) is 18.3. The zero-order valence-electron chi connectivity index (χ0n) is 13.9. The molecule has 0 amide bonds. The average molecular weight is 338 g/mol. The monoisotopic (exact) mass is 337 g/mol. The molecule has 1 saturated heterocycles. The molecule has 1 radical (unpaired) electrons. The molecule has 1 aliphatic rings. The largest absolute Gasteiger partial charge is 2.00 e. The molecule has 0 bridgehead atoms. The van der Waals surface area contributed by atoms with Gasteiger partial charge < -0.3 is 15.7 Å². The summed E-state index contributed by atoms with van der Waals surface area (Å²) in [6, 6.07) is 10.3. The van der Waals surface area contributed by atoms with Crippen LogP contribution in [0.1, 0.15) is 47.1 Å². The van der Waals surface area contributed by atoms with Gasteiger partial charge in [-0.3, -0.25) is 0 Å². The van der Waals surface area contributed by atoms with Gasteiger partial charge in [0.15, 0.2) is 0 Å². The quantitative estimate of drug-likeness (QED) is 0.594. The summed E-state index contributed by atoms with van der Waals surface area (Å²) in [5.74, 6) is 0. The molecule has 1 aromatic rings. The molecule has 1 fully saturated rings. The second-order valence-corrected chi connectivity index (χ2v) is 6.11. The van der Waals surface area contributed by atoms with Crippen LogP contribution in [-0.4, -0.2) is 18.3 Å². The molecule has 0 aliphatic carbocycles. The van der Waals surface area contributed by atoms with E-state index in [1.807, 2.05) is 38.5 Å². The van der Waals surface area contributed by atoms with Crippen molar-refractivity contribution in [3.05, 3.63) is 48.7 Å². The van der Waals surface area contributed by atoms with E-state index in [1.165, 1.54) is 5.56 Å². The molecule has 0 aromatic heterocycles. The van der Waals surface area contributed by atoms with E-state index in [4.69, 9.17) is 9.31 Å². The van der Waals surface area contributed by atoms with E-state index in [-0.39, 0.29) is 35.4 Å². The summed E-state index contributed by atoms with van der Waals surface area (Å²) in [7, 11) is -0.139. The molecule has 1 heterocycles. The maximum atomic E-state index is 5.93. The molecule has 1 aromatic carbocycles. The Morgan fingerprint density at radius 2 is 1.38 bits per heavy atom. The summed E-state index contributed by atoms with van der Waals surface area (Å²) in [6.07, 6.45) is 4.94. The van der Waals surface area contributed by atoms with Gasteiger partial charge in [-0.2, -0.15) is 38.0 Å². The molecule has 121 valence electrons. The minimum Gasteiger partial charge on any atom is -0.404 e. The Morgan fingerprint density at radius 1 is 0.952 bits per heavy atom. The number of rotatable bonds is 3. The average Bonchev–Trinajstić information content (AvgIpc) is 2.58. The first kappa shape index (κ1) is 20.6. The van der Waals surface area contributed by atoms with Crippen molar-refractivity contribution in [2.24, 2.45) is 0 Å². The molecule has 0 saturated carbocycles. The van der Waals surface area contributed by atoms with E-state index in [2.05, 4.69) is 46.2 Å². The standard InChI is InChI=1S/C14H20BO2.C3H7.Cu/c1-13(2)14(3,4)17-15(16-13)11-10-12-8-6-5-7-9-12;1-3-2;/h5-10H,11H2,1-4H3;3H,1-2H3;/q2*-1;+2. The van der Waals surface area contributed by atoms with Gasteiger partial charge in [0.2, 0.25) is 0 Å². The van der Waals surface area contributed by atoms with E-state index >= 15 is 0 Å². The van der Waals surface area contributed by atoms with Crippen LogP contribution in [0.5, 0.6) is 0 Å². The maximum Gasteiger partial charge on any atom is 2.00 e. The van der Waals surface area contributed by atoms with Crippen molar-refractivity contribution < 1.29 is 26.4 Å². The fraction of sp³-hybridized carbons (Fsp3) is 0.529. The minimum absolute atomic E-state index is 0. The van der Waals surface area contributed by atoms with Crippen LogP contribution in [0.2, 0.25) is 6.32 Å². The van der Waals surface area contributed by atoms with Crippen molar-refractivity contribution in [2.75, 3.05) is 0 Å². The molecule has 1 aliphatic heterocycles. The molecule has 0 unspecified atom stereocenters. The first-order valence-electron chi connectivity index (χ1n) is 7.30. The van der Waals surface area contributed by atoms with Gasteiger partial charge in [-0.1, -0.05) is 6.07 Å². The Bertz CT molecular complexity index is 377. The van der Waals surface area contributed by atoms with Crippen molar-refractivity contribution in [1.82, 2.24) is 0 Å². The Balaban J connectivity index is 0.000000922. The third kappa shape index (κ3) is 6.08. The predicted molar refractivity (Wildman–Crippen MR) is 86.4 cm³/mol. The Labute approximate surface area is 141 Å². The predicted octanol–water partition coefficient (Wildman–Crippen LogP) is 4.56. The van der Waals surface area contributed by atoms with Crippen LogP contribution in [-0.2, 0) is 26.4 Å². The number of benzene rings is 1. The van der Waals surface area contributed by atoms with Gasteiger partial charge in [-0.05, 0) is 34.0 Å². The molecule has 0 N–H and O–H groups in total. The SMILES string of the molecule is CC1(C)OB(C[CH-]c2ccccc2)OC1(C)C.C[CH-]C.[Cu+2]. The Kier molecular flexibility index (Phi) is 8.73. The molecular formula is C17H27BCuO2. The summed E-state index contributed by atoms with van der Waals surface area (Å²) < 4.78 is 11.9. The van der Waals surface area contributed by atoms with E-state index in [0.29, 0.717) is 0 Å². The molecule has 0 atom stereocenters. The van der Waals surface area contributed by atoms with Crippen LogP contribution in [0.4, 0.5) is 0 Å². The van der Waals surface area contributed by atoms with Crippen LogP contribution in [0.15, 0.2) is 30.3 Å². The number of hydrogen-bond acceptors (Lipinski definition) is 2. The zero-order valence-corrected chi connectivity index (χ0v) is 14.9. The van der Waals surface area contributed by atoms with Gasteiger partial charge >= 0.3 is 24.2 Å². The zero-order chi connectivity index (χ0) is 15.2. The fourth-order valence-corrected chi connectivity index (χ4v) is 1.88. The van der Waals surface area contributed by atoms with E-state index in [1.54, 1.807) is 0 Å². The molecule has 4 heteroatoms. The summed E-state index contributed by atoms with van der Waals surface area (Å²) in [6.45, 7) is 12.3. The van der Waals surface area contributed by atoms with Crippen LogP contribution in [0.25, 0.3) is 0 Å². The molecule has 2 nitrogen and oxygen atoms in total. The van der Waals surface area contributed by atoms with Crippen LogP contribution >= 0.6 is 0 Å². The second-order valence-electron chi connectivity index (χ2n) is 6.11.